The molecule has 1 aromatic rings. The molecular formula is C17H22ClNO. The number of carbonyl (C=O) groups excluding carboxylic acids is 1. The van der Waals surface area contributed by atoms with Crippen molar-refractivity contribution >= 4 is 23.6 Å². The van der Waals surface area contributed by atoms with Crippen molar-refractivity contribution in [1.82, 2.24) is 5.32 Å². The molecule has 108 valence electrons. The third-order valence-corrected chi connectivity index (χ3v) is 3.96. The number of nitrogens with one attached hydrogen (secondary N) is 1. The maximum absolute atomic E-state index is 11.9. The predicted molar refractivity (Wildman–Crippen MR) is 84.7 cm³/mol. The number of amides is 1. The first-order valence-electron chi connectivity index (χ1n) is 7.48. The molecule has 0 bridgehead atoms. The average Bonchev–Trinajstić information content (AvgIpc) is 2.39. The van der Waals surface area contributed by atoms with Crippen LogP contribution in [0.15, 0.2) is 30.3 Å². The van der Waals surface area contributed by atoms with Gasteiger partial charge in [-0.2, -0.15) is 0 Å². The molecule has 1 saturated carbocycles. The standard InChI is InChI=1S/C17H22ClNO/c18-15-8-6-7-14(13-15)11-12-17(20)19-16-9-4-2-1-3-5-10-16/h6-8,11-13,16H,1-5,9-10H2,(H,19,20)/b12-11+. The zero-order chi connectivity index (χ0) is 14.2. The van der Waals surface area contributed by atoms with Crippen LogP contribution in [0.25, 0.3) is 6.08 Å². The quantitative estimate of drug-likeness (QED) is 0.811. The molecule has 1 aliphatic rings. The van der Waals surface area contributed by atoms with E-state index in [-0.39, 0.29) is 5.91 Å². The highest BCUT2D eigenvalue weighted by Gasteiger charge is 2.12. The van der Waals surface area contributed by atoms with Gasteiger partial charge in [-0.15, -0.1) is 0 Å². The third kappa shape index (κ3) is 5.38. The van der Waals surface area contributed by atoms with E-state index in [4.69, 9.17) is 11.6 Å². The Morgan fingerprint density at radius 1 is 1.15 bits per heavy atom. The van der Waals surface area contributed by atoms with Crippen molar-refractivity contribution in [2.24, 2.45) is 0 Å². The molecular weight excluding hydrogens is 270 g/mol. The third-order valence-electron chi connectivity index (χ3n) is 3.73. The number of benzene rings is 1. The van der Waals surface area contributed by atoms with E-state index in [0.29, 0.717) is 11.1 Å². The molecule has 1 fully saturated rings. The van der Waals surface area contributed by atoms with Gasteiger partial charge in [0.25, 0.3) is 0 Å². The SMILES string of the molecule is O=C(/C=C/c1cccc(Cl)c1)NC1CCCCCCC1. The summed E-state index contributed by atoms with van der Waals surface area (Å²) in [7, 11) is 0. The Morgan fingerprint density at radius 2 is 1.85 bits per heavy atom. The Hall–Kier alpha value is -1.28. The fourth-order valence-corrected chi connectivity index (χ4v) is 2.83. The molecule has 1 aromatic carbocycles. The van der Waals surface area contributed by atoms with E-state index in [1.165, 1.54) is 32.1 Å². The van der Waals surface area contributed by atoms with E-state index in [0.717, 1.165) is 18.4 Å². The van der Waals surface area contributed by atoms with E-state index in [1.54, 1.807) is 6.08 Å². The van der Waals surface area contributed by atoms with Gasteiger partial charge in [-0.1, -0.05) is 55.8 Å². The zero-order valence-electron chi connectivity index (χ0n) is 11.8. The topological polar surface area (TPSA) is 29.1 Å². The molecule has 0 aliphatic heterocycles. The van der Waals surface area contributed by atoms with Crippen molar-refractivity contribution in [3.63, 3.8) is 0 Å². The van der Waals surface area contributed by atoms with Crippen molar-refractivity contribution in [2.75, 3.05) is 0 Å². The van der Waals surface area contributed by atoms with Crippen LogP contribution in [0.3, 0.4) is 0 Å². The molecule has 0 atom stereocenters. The first kappa shape index (κ1) is 15.1. The highest BCUT2D eigenvalue weighted by atomic mass is 35.5. The smallest absolute Gasteiger partial charge is 0.244 e. The predicted octanol–water partition coefficient (Wildman–Crippen LogP) is 4.58. The highest BCUT2D eigenvalue weighted by molar-refractivity contribution is 6.30. The Labute approximate surface area is 126 Å². The van der Waals surface area contributed by atoms with Gasteiger partial charge >= 0.3 is 0 Å². The number of hydrogen-bond donors (Lipinski definition) is 1. The number of hydrogen-bond acceptors (Lipinski definition) is 1. The summed E-state index contributed by atoms with van der Waals surface area (Å²) in [6.45, 7) is 0. The second-order valence-corrected chi connectivity index (χ2v) is 5.88. The molecule has 0 heterocycles. The Kier molecular flexibility index (Phi) is 6.13. The van der Waals surface area contributed by atoms with E-state index < -0.39 is 0 Å². The summed E-state index contributed by atoms with van der Waals surface area (Å²) >= 11 is 5.91. The summed E-state index contributed by atoms with van der Waals surface area (Å²) < 4.78 is 0. The van der Waals surface area contributed by atoms with Gasteiger partial charge in [-0.3, -0.25) is 4.79 Å². The van der Waals surface area contributed by atoms with E-state index >= 15 is 0 Å². The van der Waals surface area contributed by atoms with Crippen LogP contribution in [0, 0.1) is 0 Å². The van der Waals surface area contributed by atoms with Gasteiger partial charge in [0.05, 0.1) is 0 Å². The minimum atomic E-state index is -0.00412. The van der Waals surface area contributed by atoms with E-state index in [9.17, 15) is 4.79 Å². The largest absolute Gasteiger partial charge is 0.350 e. The molecule has 0 aromatic heterocycles. The molecule has 0 unspecified atom stereocenters. The lowest BCUT2D eigenvalue weighted by atomic mass is 9.97. The molecule has 2 nitrogen and oxygen atoms in total. The molecule has 20 heavy (non-hydrogen) atoms. The molecule has 3 heteroatoms. The van der Waals surface area contributed by atoms with Gasteiger partial charge in [0.1, 0.15) is 0 Å². The minimum absolute atomic E-state index is 0.00412. The highest BCUT2D eigenvalue weighted by Crippen LogP contribution is 2.17. The molecule has 1 N–H and O–H groups in total. The van der Waals surface area contributed by atoms with Crippen LogP contribution in [-0.2, 0) is 4.79 Å². The maximum Gasteiger partial charge on any atom is 0.244 e. The van der Waals surface area contributed by atoms with Gasteiger partial charge in [-0.25, -0.2) is 0 Å². The molecule has 0 spiro atoms. The molecule has 0 saturated heterocycles. The first-order valence-corrected chi connectivity index (χ1v) is 7.86. The average molecular weight is 292 g/mol. The normalized spacial score (nSPS) is 17.6. The second-order valence-electron chi connectivity index (χ2n) is 5.44. The van der Waals surface area contributed by atoms with Crippen molar-refractivity contribution in [3.05, 3.63) is 40.9 Å². The summed E-state index contributed by atoms with van der Waals surface area (Å²) in [4.78, 5) is 11.9. The van der Waals surface area contributed by atoms with Crippen LogP contribution in [-0.4, -0.2) is 11.9 Å². The minimum Gasteiger partial charge on any atom is -0.350 e. The zero-order valence-corrected chi connectivity index (χ0v) is 12.5. The fraction of sp³-hybridized carbons (Fsp3) is 0.471. The second kappa shape index (κ2) is 8.11. The van der Waals surface area contributed by atoms with Crippen LogP contribution < -0.4 is 5.32 Å². The van der Waals surface area contributed by atoms with Crippen LogP contribution in [0.2, 0.25) is 5.02 Å². The van der Waals surface area contributed by atoms with Gasteiger partial charge in [0, 0.05) is 17.1 Å². The molecule has 2 rings (SSSR count). The summed E-state index contributed by atoms with van der Waals surface area (Å²) in [6, 6.07) is 7.83. The lowest BCUT2D eigenvalue weighted by molar-refractivity contribution is -0.117. The van der Waals surface area contributed by atoms with Crippen LogP contribution in [0.5, 0.6) is 0 Å². The van der Waals surface area contributed by atoms with E-state index in [1.807, 2.05) is 30.3 Å². The first-order chi connectivity index (χ1) is 9.74. The number of rotatable bonds is 3. The van der Waals surface area contributed by atoms with Crippen LogP contribution in [0.1, 0.15) is 50.5 Å². The van der Waals surface area contributed by atoms with Crippen LogP contribution in [0.4, 0.5) is 0 Å². The van der Waals surface area contributed by atoms with E-state index in [2.05, 4.69) is 5.32 Å². The van der Waals surface area contributed by atoms with Crippen molar-refractivity contribution in [3.8, 4) is 0 Å². The summed E-state index contributed by atoms with van der Waals surface area (Å²) in [5, 5.41) is 3.80. The van der Waals surface area contributed by atoms with Gasteiger partial charge in [0.2, 0.25) is 5.91 Å². The summed E-state index contributed by atoms with van der Waals surface area (Å²) in [5.74, 6) is -0.00412. The number of halogens is 1. The Bertz CT molecular complexity index is 462. The molecule has 1 aliphatic carbocycles. The van der Waals surface area contributed by atoms with Gasteiger partial charge < -0.3 is 5.32 Å². The Morgan fingerprint density at radius 3 is 2.55 bits per heavy atom. The summed E-state index contributed by atoms with van der Waals surface area (Å²) in [6.07, 6.45) is 12.0. The Balaban J connectivity index is 1.84. The fourth-order valence-electron chi connectivity index (χ4n) is 2.63. The molecule has 1 amide bonds. The lowest BCUT2D eigenvalue weighted by Gasteiger charge is -2.20. The monoisotopic (exact) mass is 291 g/mol. The lowest BCUT2D eigenvalue weighted by Crippen LogP contribution is -2.34. The van der Waals surface area contributed by atoms with Crippen molar-refractivity contribution in [2.45, 2.75) is 51.0 Å². The van der Waals surface area contributed by atoms with Gasteiger partial charge in [0.15, 0.2) is 0 Å². The van der Waals surface area contributed by atoms with Crippen molar-refractivity contribution < 1.29 is 4.79 Å². The van der Waals surface area contributed by atoms with Gasteiger partial charge in [-0.05, 0) is 36.6 Å². The molecule has 0 radical (unpaired) electrons. The maximum atomic E-state index is 11.9. The summed E-state index contributed by atoms with van der Waals surface area (Å²) in [5.41, 5.74) is 0.949. The van der Waals surface area contributed by atoms with Crippen LogP contribution >= 0.6 is 11.6 Å². The number of carbonyl (C=O) groups is 1. The van der Waals surface area contributed by atoms with Crippen molar-refractivity contribution in [1.29, 1.82) is 0 Å².